The molecule has 1 aliphatic rings. The van der Waals surface area contributed by atoms with Crippen molar-refractivity contribution in [1.82, 2.24) is 15.0 Å². The Balaban J connectivity index is 1.42. The fourth-order valence-corrected chi connectivity index (χ4v) is 4.60. The topological polar surface area (TPSA) is 69.2 Å². The highest BCUT2D eigenvalue weighted by molar-refractivity contribution is 7.18. The number of thiophene rings is 1. The number of nitrogens with zero attached hydrogens (tertiary/aromatic N) is 3. The Kier molecular flexibility index (Phi) is 4.96. The summed E-state index contributed by atoms with van der Waals surface area (Å²) in [6, 6.07) is 10.0. The van der Waals surface area contributed by atoms with E-state index in [4.69, 9.17) is 19.4 Å². The molecule has 0 radical (unpaired) electrons. The van der Waals surface area contributed by atoms with Crippen LogP contribution in [0, 0.1) is 13.8 Å². The summed E-state index contributed by atoms with van der Waals surface area (Å²) in [5.74, 6) is 3.21. The van der Waals surface area contributed by atoms with E-state index < -0.39 is 0 Å². The second-order valence-corrected chi connectivity index (χ2v) is 8.46. The first-order chi connectivity index (χ1) is 14.7. The third kappa shape index (κ3) is 3.57. The van der Waals surface area contributed by atoms with Gasteiger partial charge in [-0.3, -0.25) is 4.98 Å². The van der Waals surface area contributed by atoms with Crippen LogP contribution in [-0.2, 0) is 6.42 Å². The van der Waals surface area contributed by atoms with Crippen LogP contribution in [0.5, 0.6) is 11.5 Å². The first kappa shape index (κ1) is 18.8. The van der Waals surface area contributed by atoms with E-state index in [1.165, 1.54) is 16.0 Å². The molecule has 1 aromatic carbocycles. The quantitative estimate of drug-likeness (QED) is 0.502. The molecule has 0 saturated carbocycles. The van der Waals surface area contributed by atoms with Crippen molar-refractivity contribution in [2.24, 2.45) is 0 Å². The van der Waals surface area contributed by atoms with Gasteiger partial charge in [-0.2, -0.15) is 0 Å². The number of hydrogen-bond donors (Lipinski definition) is 1. The number of anilines is 1. The minimum atomic E-state index is 0.599. The summed E-state index contributed by atoms with van der Waals surface area (Å²) in [4.78, 5) is 16.1. The number of aryl methyl sites for hydroxylation is 2. The minimum absolute atomic E-state index is 0.599. The van der Waals surface area contributed by atoms with E-state index >= 15 is 0 Å². The molecule has 7 heteroatoms. The van der Waals surface area contributed by atoms with Gasteiger partial charge in [-0.25, -0.2) is 9.97 Å². The van der Waals surface area contributed by atoms with Crippen molar-refractivity contribution in [2.75, 3.05) is 25.1 Å². The third-order valence-electron chi connectivity index (χ3n) is 5.26. The highest BCUT2D eigenvalue weighted by Crippen LogP contribution is 2.35. The molecule has 0 unspecified atom stereocenters. The predicted octanol–water partition coefficient (Wildman–Crippen LogP) is 4.80. The SMILES string of the molecule is Cc1sc2nc(-c3cccnc3)nc(NCCc3ccc4c(c3)OCCO4)c2c1C. The van der Waals surface area contributed by atoms with Crippen molar-refractivity contribution in [1.29, 1.82) is 0 Å². The Morgan fingerprint density at radius 2 is 1.93 bits per heavy atom. The van der Waals surface area contributed by atoms with Crippen LogP contribution in [-0.4, -0.2) is 34.7 Å². The van der Waals surface area contributed by atoms with E-state index in [1.54, 1.807) is 23.7 Å². The molecule has 6 nitrogen and oxygen atoms in total. The molecule has 0 atom stereocenters. The van der Waals surface area contributed by atoms with E-state index in [2.05, 4.69) is 36.3 Å². The van der Waals surface area contributed by atoms with Gasteiger partial charge in [-0.1, -0.05) is 6.07 Å². The lowest BCUT2D eigenvalue weighted by molar-refractivity contribution is 0.171. The van der Waals surface area contributed by atoms with Crippen molar-refractivity contribution < 1.29 is 9.47 Å². The second-order valence-electron chi connectivity index (χ2n) is 7.26. The summed E-state index contributed by atoms with van der Waals surface area (Å²) < 4.78 is 11.3. The van der Waals surface area contributed by atoms with E-state index in [0.29, 0.717) is 19.0 Å². The van der Waals surface area contributed by atoms with Gasteiger partial charge >= 0.3 is 0 Å². The van der Waals surface area contributed by atoms with Crippen LogP contribution in [0.4, 0.5) is 5.82 Å². The zero-order valence-corrected chi connectivity index (χ0v) is 17.8. The number of fused-ring (bicyclic) bond motifs is 2. The van der Waals surface area contributed by atoms with Gasteiger partial charge in [0.2, 0.25) is 0 Å². The third-order valence-corrected chi connectivity index (χ3v) is 6.36. The van der Waals surface area contributed by atoms with Gasteiger partial charge in [0, 0.05) is 29.4 Å². The van der Waals surface area contributed by atoms with Crippen LogP contribution in [0.1, 0.15) is 16.0 Å². The van der Waals surface area contributed by atoms with Gasteiger partial charge < -0.3 is 14.8 Å². The van der Waals surface area contributed by atoms with E-state index in [0.717, 1.165) is 46.1 Å². The summed E-state index contributed by atoms with van der Waals surface area (Å²) in [6.07, 6.45) is 4.41. The lowest BCUT2D eigenvalue weighted by Gasteiger charge is -2.19. The van der Waals surface area contributed by atoms with Crippen molar-refractivity contribution in [3.63, 3.8) is 0 Å². The van der Waals surface area contributed by atoms with Crippen LogP contribution in [0.2, 0.25) is 0 Å². The number of benzene rings is 1. The highest BCUT2D eigenvalue weighted by Gasteiger charge is 2.16. The molecule has 0 amide bonds. The normalized spacial score (nSPS) is 12.9. The highest BCUT2D eigenvalue weighted by atomic mass is 32.1. The Morgan fingerprint density at radius 1 is 1.07 bits per heavy atom. The van der Waals surface area contributed by atoms with Gasteiger partial charge in [0.25, 0.3) is 0 Å². The van der Waals surface area contributed by atoms with Crippen molar-refractivity contribution in [3.8, 4) is 22.9 Å². The average molecular weight is 419 g/mol. The molecule has 5 rings (SSSR count). The molecule has 0 spiro atoms. The van der Waals surface area contributed by atoms with Gasteiger partial charge in [-0.15, -0.1) is 11.3 Å². The molecule has 0 aliphatic carbocycles. The van der Waals surface area contributed by atoms with Crippen LogP contribution in [0.15, 0.2) is 42.7 Å². The molecular formula is C23H22N4O2S. The molecule has 0 saturated heterocycles. The Labute approximate surface area is 178 Å². The van der Waals surface area contributed by atoms with Gasteiger partial charge in [0.05, 0.1) is 5.39 Å². The largest absolute Gasteiger partial charge is 0.486 e. The molecule has 0 bridgehead atoms. The number of rotatable bonds is 5. The lowest BCUT2D eigenvalue weighted by Crippen LogP contribution is -2.15. The molecule has 30 heavy (non-hydrogen) atoms. The van der Waals surface area contributed by atoms with Crippen LogP contribution in [0.3, 0.4) is 0 Å². The molecule has 1 aliphatic heterocycles. The summed E-state index contributed by atoms with van der Waals surface area (Å²) >= 11 is 1.71. The molecule has 152 valence electrons. The van der Waals surface area contributed by atoms with Crippen molar-refractivity contribution in [3.05, 3.63) is 58.7 Å². The van der Waals surface area contributed by atoms with Crippen LogP contribution < -0.4 is 14.8 Å². The van der Waals surface area contributed by atoms with E-state index in [9.17, 15) is 0 Å². The zero-order valence-electron chi connectivity index (χ0n) is 16.9. The van der Waals surface area contributed by atoms with Crippen molar-refractivity contribution in [2.45, 2.75) is 20.3 Å². The summed E-state index contributed by atoms with van der Waals surface area (Å²) in [7, 11) is 0. The standard InChI is InChI=1S/C23H22N4O2S/c1-14-15(2)30-23-20(14)22(26-21(27-23)17-4-3-8-24-13-17)25-9-7-16-5-6-18-19(12-16)29-11-10-28-18/h3-6,8,12-13H,7,9-11H2,1-2H3,(H,25,26,27). The maximum atomic E-state index is 5.70. The number of aromatic nitrogens is 3. The molecule has 3 aromatic heterocycles. The summed E-state index contributed by atoms with van der Waals surface area (Å²) in [5.41, 5.74) is 3.34. The summed E-state index contributed by atoms with van der Waals surface area (Å²) in [6.45, 7) is 6.22. The minimum Gasteiger partial charge on any atom is -0.486 e. The van der Waals surface area contributed by atoms with Gasteiger partial charge in [0.1, 0.15) is 23.9 Å². The maximum absolute atomic E-state index is 5.70. The zero-order chi connectivity index (χ0) is 20.5. The number of ether oxygens (including phenoxy) is 2. The molecule has 4 aromatic rings. The van der Waals surface area contributed by atoms with Crippen LogP contribution in [0.25, 0.3) is 21.6 Å². The Hall–Kier alpha value is -3.19. The summed E-state index contributed by atoms with van der Waals surface area (Å²) in [5, 5.41) is 4.65. The molecule has 4 heterocycles. The van der Waals surface area contributed by atoms with E-state index in [1.807, 2.05) is 18.2 Å². The van der Waals surface area contributed by atoms with Crippen LogP contribution >= 0.6 is 11.3 Å². The Bertz CT molecular complexity index is 1210. The first-order valence-corrected chi connectivity index (χ1v) is 10.8. The lowest BCUT2D eigenvalue weighted by atomic mass is 10.1. The van der Waals surface area contributed by atoms with E-state index in [-0.39, 0.29) is 0 Å². The van der Waals surface area contributed by atoms with Crippen molar-refractivity contribution >= 4 is 27.4 Å². The van der Waals surface area contributed by atoms with Gasteiger partial charge in [0.15, 0.2) is 17.3 Å². The molecular weight excluding hydrogens is 396 g/mol. The second kappa shape index (κ2) is 7.91. The number of nitrogens with one attached hydrogen (secondary N) is 1. The predicted molar refractivity (Wildman–Crippen MR) is 120 cm³/mol. The fraction of sp³-hybridized carbons (Fsp3) is 0.261. The molecule has 1 N–H and O–H groups in total. The molecule has 0 fully saturated rings. The smallest absolute Gasteiger partial charge is 0.164 e. The fourth-order valence-electron chi connectivity index (χ4n) is 3.57. The first-order valence-electron chi connectivity index (χ1n) is 9.99. The van der Waals surface area contributed by atoms with Gasteiger partial charge in [-0.05, 0) is 55.7 Å². The maximum Gasteiger partial charge on any atom is 0.164 e. The number of pyridine rings is 1. The number of hydrogen-bond acceptors (Lipinski definition) is 7. The Morgan fingerprint density at radius 3 is 2.77 bits per heavy atom. The average Bonchev–Trinajstić information content (AvgIpc) is 3.08. The monoisotopic (exact) mass is 418 g/mol.